The van der Waals surface area contributed by atoms with Gasteiger partial charge in [-0.15, -0.1) is 0 Å². The van der Waals surface area contributed by atoms with Crippen LogP contribution in [0.25, 0.3) is 0 Å². The maximum absolute atomic E-state index is 14.5. The van der Waals surface area contributed by atoms with Gasteiger partial charge in [-0.3, -0.25) is 53.0 Å². The number of urea groups is 1. The topological polar surface area (TPSA) is 326 Å². The molecule has 2 fully saturated rings. The fourth-order valence-corrected chi connectivity index (χ4v) is 13.9. The van der Waals surface area contributed by atoms with Crippen molar-refractivity contribution in [2.45, 2.75) is 186 Å². The third-order valence-corrected chi connectivity index (χ3v) is 20.0. The molecule has 1 saturated carbocycles. The number of likely N-dealkylation sites (N-methyl/N-ethyl adjacent to an activating group) is 2. The van der Waals surface area contributed by atoms with Crippen LogP contribution in [0.3, 0.4) is 0 Å². The van der Waals surface area contributed by atoms with Gasteiger partial charge in [0.15, 0.2) is 11.6 Å². The second-order valence-corrected chi connectivity index (χ2v) is 28.2. The summed E-state index contributed by atoms with van der Waals surface area (Å²) < 4.78 is 58.6. The first-order chi connectivity index (χ1) is 43.9. The monoisotopic (exact) mass is 1330 g/mol. The predicted molar refractivity (Wildman–Crippen MR) is 348 cm³/mol. The van der Waals surface area contributed by atoms with Crippen LogP contribution in [0.1, 0.15) is 145 Å². The summed E-state index contributed by atoms with van der Waals surface area (Å²) in [6, 6.07) is 2.75. The lowest BCUT2D eigenvalue weighted by Gasteiger charge is -2.41. The van der Waals surface area contributed by atoms with E-state index in [0.29, 0.717) is 50.6 Å². The Morgan fingerprint density at radius 2 is 1.33 bits per heavy atom. The molecule has 10 atom stereocenters. The molecule has 2 aliphatic heterocycles. The fraction of sp³-hybridized carbons (Fsp3) is 0.731. The number of ketones is 3. The summed E-state index contributed by atoms with van der Waals surface area (Å²) in [6.07, 6.45) is 4.10. The van der Waals surface area contributed by atoms with Crippen LogP contribution in [-0.2, 0) is 82.3 Å². The van der Waals surface area contributed by atoms with Gasteiger partial charge < -0.3 is 49.9 Å². The number of nitrogens with two attached hydrogens (primary N) is 1. The van der Waals surface area contributed by atoms with Crippen molar-refractivity contribution < 1.29 is 80.0 Å². The van der Waals surface area contributed by atoms with Crippen LogP contribution in [0.5, 0.6) is 0 Å². The second kappa shape index (κ2) is 37.9. The number of carbonyl (C=O) groups excluding carboxylic acids is 10. The van der Waals surface area contributed by atoms with Gasteiger partial charge in [-0.2, -0.15) is 0 Å². The number of hydrogen-bond donors (Lipinski definition) is 4. The number of amides is 8. The molecule has 25 nitrogen and oxygen atoms in total. The molecule has 93 heavy (non-hydrogen) atoms. The van der Waals surface area contributed by atoms with Crippen LogP contribution >= 0.6 is 0 Å². The van der Waals surface area contributed by atoms with E-state index in [-0.39, 0.29) is 167 Å². The minimum atomic E-state index is -4.45. The lowest BCUT2D eigenvalue weighted by Crippen LogP contribution is -2.54. The summed E-state index contributed by atoms with van der Waals surface area (Å²) in [5.74, 6) is -5.94. The standard InChI is InChI=1S/C67H108N8O17S/c1-15-45(8)61(73(12)65(84)51(43(4)5)39-54(77)60(44(6)7)72(10)11)56(88-13)40-59(81)74-30-17-19-53(74)62(89-14)46(9)63(82)71-93(86,87)49-22-20-47(21-23-49)67(27-28-67)41-55(78)52(18-16-29-69-66(68)85)70-64(83)50(42(2)3)38-48(76)26-32-90-34-36-92-37-35-91-33-31-75-57(79)24-25-58(75)80/h20-25,42-46,50-53,56,60-62H,15-19,26-41H2,1-14H3,(H,70,83)(H,71,82)(H3,68,69,85)/t45-,46+,50-,51-,52-,53-,56+,60-,61?,62+/m0/s1. The van der Waals surface area contributed by atoms with E-state index in [9.17, 15) is 56.4 Å². The third kappa shape index (κ3) is 23.4. The number of ether oxygens (including phenoxy) is 5. The Bertz CT molecular complexity index is 2800. The fourth-order valence-electron chi connectivity index (χ4n) is 12.8. The first kappa shape index (κ1) is 79.4. The van der Waals surface area contributed by atoms with Crippen LogP contribution in [-0.4, -0.2) is 218 Å². The Kier molecular flexibility index (Phi) is 32.4. The summed E-state index contributed by atoms with van der Waals surface area (Å²) in [5, 5.41) is 5.41. The maximum atomic E-state index is 14.5. The van der Waals surface area contributed by atoms with Crippen molar-refractivity contribution in [2.75, 3.05) is 94.6 Å². The number of likely N-dealkylation sites (tertiary alicyclic amines) is 1. The van der Waals surface area contributed by atoms with E-state index >= 15 is 0 Å². The van der Waals surface area contributed by atoms with Gasteiger partial charge >= 0.3 is 6.03 Å². The molecule has 1 aromatic carbocycles. The SMILES string of the molecule is CC[C@H](C)C([C@@H](CC(=O)N1CCC[C@H]1[C@H](OC)[C@@H](C)C(=O)NS(=O)(=O)c1ccc(C2(CC(=O)[C@H](CCCNC(N)=O)NC(=O)[C@@H](CC(=O)CCOCCOCCOCCN3C(=O)C=CC3=O)C(C)C)CC2)cc1)OC)N(C)C(=O)[C@@H](CC(=O)[C@H](C(C)C)N(C)C)C(C)C. The van der Waals surface area contributed by atoms with Crippen molar-refractivity contribution in [3.63, 3.8) is 0 Å². The summed E-state index contributed by atoms with van der Waals surface area (Å²) in [5.41, 5.74) is 5.31. The van der Waals surface area contributed by atoms with Crippen LogP contribution < -0.4 is 21.1 Å². The number of hydrogen-bond acceptors (Lipinski definition) is 18. The number of nitrogens with one attached hydrogen (secondary N) is 3. The zero-order valence-corrected chi connectivity index (χ0v) is 58.4. The lowest BCUT2D eigenvalue weighted by atomic mass is 9.83. The van der Waals surface area contributed by atoms with Crippen molar-refractivity contribution in [1.82, 2.24) is 35.0 Å². The Balaban J connectivity index is 1.36. The molecule has 1 aliphatic carbocycles. The lowest BCUT2D eigenvalue weighted by molar-refractivity contribution is -0.149. The molecule has 0 aromatic heterocycles. The molecule has 8 amide bonds. The Morgan fingerprint density at radius 3 is 1.86 bits per heavy atom. The van der Waals surface area contributed by atoms with Gasteiger partial charge in [-0.25, -0.2) is 17.9 Å². The van der Waals surface area contributed by atoms with Gasteiger partial charge in [0.1, 0.15) is 5.78 Å². The molecule has 1 saturated heterocycles. The highest BCUT2D eigenvalue weighted by atomic mass is 32.2. The van der Waals surface area contributed by atoms with Crippen molar-refractivity contribution >= 4 is 68.8 Å². The normalized spacial score (nSPS) is 18.5. The minimum Gasteiger partial charge on any atom is -0.379 e. The zero-order valence-electron chi connectivity index (χ0n) is 57.5. The van der Waals surface area contributed by atoms with Gasteiger partial charge in [0.05, 0.1) is 99.8 Å². The van der Waals surface area contributed by atoms with E-state index < -0.39 is 81.4 Å². The second-order valence-electron chi connectivity index (χ2n) is 26.5. The first-order valence-corrected chi connectivity index (χ1v) is 34.5. The number of rotatable bonds is 45. The zero-order chi connectivity index (χ0) is 69.5. The molecule has 3 aliphatic rings. The highest BCUT2D eigenvalue weighted by molar-refractivity contribution is 7.90. The Morgan fingerprint density at radius 1 is 0.742 bits per heavy atom. The van der Waals surface area contributed by atoms with Crippen LogP contribution in [0.4, 0.5) is 4.79 Å². The van der Waals surface area contributed by atoms with Gasteiger partial charge in [0, 0.05) is 89.4 Å². The highest BCUT2D eigenvalue weighted by Crippen LogP contribution is 2.51. The van der Waals surface area contributed by atoms with Crippen molar-refractivity contribution in [2.24, 2.45) is 47.2 Å². The molecule has 1 unspecified atom stereocenters. The van der Waals surface area contributed by atoms with Crippen molar-refractivity contribution in [1.29, 1.82) is 0 Å². The molecule has 0 spiro atoms. The number of sulfonamides is 1. The van der Waals surface area contributed by atoms with Crippen molar-refractivity contribution in [3.05, 3.63) is 42.0 Å². The summed E-state index contributed by atoms with van der Waals surface area (Å²) in [6.45, 7) is 18.9. The Hall–Kier alpha value is -6.03. The number of primary amides is 1. The summed E-state index contributed by atoms with van der Waals surface area (Å²) in [4.78, 5) is 139. The maximum Gasteiger partial charge on any atom is 0.312 e. The van der Waals surface area contributed by atoms with Crippen LogP contribution in [0.15, 0.2) is 41.3 Å². The van der Waals surface area contributed by atoms with E-state index in [0.717, 1.165) is 4.90 Å². The number of Topliss-reactive ketones (excluding diaryl/α,β-unsaturated/α-hetero) is 3. The molecule has 5 N–H and O–H groups in total. The van der Waals surface area contributed by atoms with E-state index in [4.69, 9.17) is 29.4 Å². The van der Waals surface area contributed by atoms with E-state index in [1.807, 2.05) is 74.4 Å². The smallest absolute Gasteiger partial charge is 0.312 e. The molecule has 2 heterocycles. The van der Waals surface area contributed by atoms with E-state index in [1.54, 1.807) is 35.9 Å². The molecule has 4 rings (SSSR count). The molecular formula is C67H108N8O17S. The number of imide groups is 1. The molecule has 0 radical (unpaired) electrons. The quantitative estimate of drug-likeness (QED) is 0.0506. The third-order valence-electron chi connectivity index (χ3n) is 18.6. The van der Waals surface area contributed by atoms with Crippen molar-refractivity contribution in [3.8, 4) is 0 Å². The molecule has 0 bridgehead atoms. The molecule has 524 valence electrons. The van der Waals surface area contributed by atoms with Gasteiger partial charge in [-0.05, 0) is 94.0 Å². The average Bonchev–Trinajstić information content (AvgIpc) is 1.63. The Labute approximate surface area is 551 Å². The predicted octanol–water partition coefficient (Wildman–Crippen LogP) is 4.75. The molecule has 26 heteroatoms. The van der Waals surface area contributed by atoms with Gasteiger partial charge in [0.25, 0.3) is 21.8 Å². The van der Waals surface area contributed by atoms with Gasteiger partial charge in [-0.1, -0.05) is 80.9 Å². The van der Waals surface area contributed by atoms with Gasteiger partial charge in [0.2, 0.25) is 23.6 Å². The number of methoxy groups -OCH3 is 2. The summed E-state index contributed by atoms with van der Waals surface area (Å²) >= 11 is 0. The van der Waals surface area contributed by atoms with E-state index in [1.165, 1.54) is 38.5 Å². The summed E-state index contributed by atoms with van der Waals surface area (Å²) in [7, 11) is 3.91. The number of benzene rings is 1. The minimum absolute atomic E-state index is 0.000661. The first-order valence-electron chi connectivity index (χ1n) is 33.0. The number of carbonyl (C=O) groups is 10. The average molecular weight is 1330 g/mol. The number of nitrogens with zero attached hydrogens (tertiary/aromatic N) is 4. The largest absolute Gasteiger partial charge is 0.379 e. The van der Waals surface area contributed by atoms with Crippen LogP contribution in [0.2, 0.25) is 0 Å². The van der Waals surface area contributed by atoms with Crippen LogP contribution in [0, 0.1) is 41.4 Å². The molecule has 1 aromatic rings. The highest BCUT2D eigenvalue weighted by Gasteiger charge is 2.48. The van der Waals surface area contributed by atoms with E-state index in [2.05, 4.69) is 15.4 Å². The molecular weight excluding hydrogens is 1220 g/mol.